The minimum Gasteiger partial charge on any atom is -0.308 e. The zero-order chi connectivity index (χ0) is 20.3. The van der Waals surface area contributed by atoms with Crippen LogP contribution in [-0.2, 0) is 0 Å². The number of benzene rings is 2. The molecule has 0 bridgehead atoms. The molecule has 0 N–H and O–H groups in total. The molecule has 0 aliphatic rings. The number of ketones is 1. The summed E-state index contributed by atoms with van der Waals surface area (Å²) in [6, 6.07) is 13.0. The molecule has 0 spiro atoms. The molecule has 0 unspecified atom stereocenters. The van der Waals surface area contributed by atoms with Gasteiger partial charge in [-0.3, -0.25) is 14.5 Å². The van der Waals surface area contributed by atoms with Gasteiger partial charge in [0.25, 0.3) is 5.91 Å². The Morgan fingerprint density at radius 2 is 1.69 bits per heavy atom. The van der Waals surface area contributed by atoms with Crippen LogP contribution in [0.2, 0.25) is 0 Å². The minimum absolute atomic E-state index is 0. The lowest BCUT2D eigenvalue weighted by Crippen LogP contribution is -2.36. The van der Waals surface area contributed by atoms with E-state index in [0.29, 0.717) is 22.8 Å². The van der Waals surface area contributed by atoms with Crippen LogP contribution in [0.5, 0.6) is 0 Å². The Labute approximate surface area is 185 Å². The number of anilines is 1. The van der Waals surface area contributed by atoms with Crippen LogP contribution in [-0.4, -0.2) is 55.0 Å². The molecule has 0 fully saturated rings. The number of thioether (sulfide) groups is 1. The van der Waals surface area contributed by atoms with E-state index in [4.69, 9.17) is 4.98 Å². The zero-order valence-electron chi connectivity index (χ0n) is 16.8. The van der Waals surface area contributed by atoms with Gasteiger partial charge in [-0.25, -0.2) is 4.98 Å². The highest BCUT2D eigenvalue weighted by molar-refractivity contribution is 7.98. The summed E-state index contributed by atoms with van der Waals surface area (Å²) in [6.45, 7) is 2.78. The van der Waals surface area contributed by atoms with E-state index in [0.717, 1.165) is 16.8 Å². The molecule has 5 nitrogen and oxygen atoms in total. The highest BCUT2D eigenvalue weighted by atomic mass is 35.5. The number of Topliss-reactive ketones (excluding diaryl/α,β-unsaturated/α-hetero) is 1. The molecule has 1 aromatic heterocycles. The first-order valence-electron chi connectivity index (χ1n) is 8.91. The van der Waals surface area contributed by atoms with Crippen molar-refractivity contribution in [2.45, 2.75) is 11.8 Å². The fraction of sp³-hybridized carbons (Fsp3) is 0.286. The molecular weight excluding hydrogens is 426 g/mol. The highest BCUT2D eigenvalue weighted by Gasteiger charge is 2.21. The predicted molar refractivity (Wildman–Crippen MR) is 125 cm³/mol. The predicted octanol–water partition coefficient (Wildman–Crippen LogP) is 4.85. The Balaban J connectivity index is 0.00000300. The van der Waals surface area contributed by atoms with Gasteiger partial charge in [0.1, 0.15) is 0 Å². The molecule has 2 aromatic carbocycles. The molecule has 3 aromatic rings. The molecule has 0 atom stereocenters. The highest BCUT2D eigenvalue weighted by Crippen LogP contribution is 2.32. The van der Waals surface area contributed by atoms with E-state index in [2.05, 4.69) is 6.07 Å². The third kappa shape index (κ3) is 5.57. The van der Waals surface area contributed by atoms with E-state index < -0.39 is 0 Å². The summed E-state index contributed by atoms with van der Waals surface area (Å²) in [4.78, 5) is 34.4. The molecule has 0 aliphatic heterocycles. The quantitative estimate of drug-likeness (QED) is 0.381. The summed E-state index contributed by atoms with van der Waals surface area (Å²) in [5, 5.41) is 0.691. The standard InChI is InChI=1S/C21H23N3O2S2.ClH/c1-14(25)15-5-7-16(8-6-15)20(26)24(12-11-23(2)3)21-22-18-10-9-17(27-4)13-19(18)28-21;/h5-10,13H,11-12H2,1-4H3;1H. The lowest BCUT2D eigenvalue weighted by molar-refractivity contribution is 0.0981. The Kier molecular flexibility index (Phi) is 8.22. The summed E-state index contributed by atoms with van der Waals surface area (Å²) < 4.78 is 1.07. The first-order chi connectivity index (χ1) is 13.4. The van der Waals surface area contributed by atoms with Crippen molar-refractivity contribution in [1.82, 2.24) is 9.88 Å². The second-order valence-electron chi connectivity index (χ2n) is 6.72. The molecule has 1 amide bonds. The summed E-state index contributed by atoms with van der Waals surface area (Å²) >= 11 is 3.21. The van der Waals surface area contributed by atoms with E-state index in [1.807, 2.05) is 37.4 Å². The average molecular weight is 450 g/mol. The number of hydrogen-bond donors (Lipinski definition) is 0. The third-order valence-corrected chi connectivity index (χ3v) is 6.14. The lowest BCUT2D eigenvalue weighted by Gasteiger charge is -2.22. The number of thiazole rings is 1. The van der Waals surface area contributed by atoms with Crippen LogP contribution in [0.1, 0.15) is 27.6 Å². The van der Waals surface area contributed by atoms with Gasteiger partial charge >= 0.3 is 0 Å². The van der Waals surface area contributed by atoms with Crippen molar-refractivity contribution in [3.05, 3.63) is 53.6 Å². The summed E-state index contributed by atoms with van der Waals surface area (Å²) in [7, 11) is 3.96. The van der Waals surface area contributed by atoms with Gasteiger partial charge in [-0.1, -0.05) is 23.5 Å². The number of carbonyl (C=O) groups is 2. The van der Waals surface area contributed by atoms with Gasteiger partial charge in [0.15, 0.2) is 10.9 Å². The van der Waals surface area contributed by atoms with E-state index in [1.165, 1.54) is 23.2 Å². The second kappa shape index (κ2) is 10.2. The van der Waals surface area contributed by atoms with Crippen LogP contribution < -0.4 is 4.90 Å². The molecule has 8 heteroatoms. The normalized spacial score (nSPS) is 10.8. The van der Waals surface area contributed by atoms with Crippen molar-refractivity contribution >= 4 is 62.5 Å². The molecule has 0 radical (unpaired) electrons. The Morgan fingerprint density at radius 3 is 2.28 bits per heavy atom. The number of carbonyl (C=O) groups excluding carboxylic acids is 2. The molecule has 29 heavy (non-hydrogen) atoms. The smallest absolute Gasteiger partial charge is 0.260 e. The molecule has 0 saturated carbocycles. The van der Waals surface area contributed by atoms with Gasteiger partial charge in [-0.15, -0.1) is 24.2 Å². The zero-order valence-corrected chi connectivity index (χ0v) is 19.3. The molecule has 0 aliphatic carbocycles. The van der Waals surface area contributed by atoms with Crippen LogP contribution in [0.4, 0.5) is 5.13 Å². The number of aromatic nitrogens is 1. The van der Waals surface area contributed by atoms with E-state index >= 15 is 0 Å². The van der Waals surface area contributed by atoms with Crippen LogP contribution in [0.3, 0.4) is 0 Å². The van der Waals surface area contributed by atoms with Gasteiger partial charge < -0.3 is 4.90 Å². The number of rotatable bonds is 7. The number of nitrogens with zero attached hydrogens (tertiary/aromatic N) is 3. The summed E-state index contributed by atoms with van der Waals surface area (Å²) in [5.41, 5.74) is 2.04. The Morgan fingerprint density at radius 1 is 1.03 bits per heavy atom. The molecule has 1 heterocycles. The first kappa shape index (κ1) is 23.3. The third-order valence-electron chi connectivity index (χ3n) is 4.37. The van der Waals surface area contributed by atoms with Crippen LogP contribution in [0.25, 0.3) is 10.2 Å². The number of amides is 1. The SMILES string of the molecule is CSc1ccc2nc(N(CCN(C)C)C(=O)c3ccc(C(C)=O)cc3)sc2c1.Cl. The van der Waals surface area contributed by atoms with Crippen molar-refractivity contribution in [2.75, 3.05) is 38.3 Å². The summed E-state index contributed by atoms with van der Waals surface area (Å²) in [6.07, 6.45) is 2.04. The van der Waals surface area contributed by atoms with Gasteiger partial charge in [0.05, 0.1) is 10.2 Å². The monoisotopic (exact) mass is 449 g/mol. The van der Waals surface area contributed by atoms with Gasteiger partial charge in [0, 0.05) is 29.1 Å². The maximum atomic E-state index is 13.2. The Hall–Kier alpha value is -1.93. The number of hydrogen-bond acceptors (Lipinski definition) is 6. The van der Waals surface area contributed by atoms with Crippen molar-refractivity contribution in [3.8, 4) is 0 Å². The van der Waals surface area contributed by atoms with E-state index in [9.17, 15) is 9.59 Å². The summed E-state index contributed by atoms with van der Waals surface area (Å²) in [5.74, 6) is -0.125. The maximum absolute atomic E-state index is 13.2. The van der Waals surface area contributed by atoms with Gasteiger partial charge in [-0.2, -0.15) is 0 Å². The minimum atomic E-state index is -0.110. The molecule has 3 rings (SSSR count). The first-order valence-corrected chi connectivity index (χ1v) is 11.0. The molecular formula is C21H24ClN3O2S2. The van der Waals surface area contributed by atoms with Crippen LogP contribution in [0, 0.1) is 0 Å². The van der Waals surface area contributed by atoms with E-state index in [1.54, 1.807) is 40.9 Å². The largest absolute Gasteiger partial charge is 0.308 e. The Bertz CT molecular complexity index is 1000. The number of likely N-dealkylation sites (N-methyl/N-ethyl adjacent to an activating group) is 1. The lowest BCUT2D eigenvalue weighted by atomic mass is 10.1. The van der Waals surface area contributed by atoms with Crippen LogP contribution >= 0.6 is 35.5 Å². The fourth-order valence-corrected chi connectivity index (χ4v) is 4.27. The van der Waals surface area contributed by atoms with Crippen LogP contribution in [0.15, 0.2) is 47.4 Å². The van der Waals surface area contributed by atoms with E-state index in [-0.39, 0.29) is 24.1 Å². The number of halogens is 1. The molecule has 0 saturated heterocycles. The van der Waals surface area contributed by atoms with Crippen molar-refractivity contribution < 1.29 is 9.59 Å². The van der Waals surface area contributed by atoms with Crippen molar-refractivity contribution in [2.24, 2.45) is 0 Å². The van der Waals surface area contributed by atoms with Crippen molar-refractivity contribution in [3.63, 3.8) is 0 Å². The van der Waals surface area contributed by atoms with Gasteiger partial charge in [0.2, 0.25) is 0 Å². The average Bonchev–Trinajstić information content (AvgIpc) is 3.10. The maximum Gasteiger partial charge on any atom is 0.260 e. The topological polar surface area (TPSA) is 53.5 Å². The number of fused-ring (bicyclic) bond motifs is 1. The second-order valence-corrected chi connectivity index (χ2v) is 8.61. The van der Waals surface area contributed by atoms with Crippen molar-refractivity contribution in [1.29, 1.82) is 0 Å². The van der Waals surface area contributed by atoms with Gasteiger partial charge in [-0.05, 0) is 57.6 Å². The molecule has 154 valence electrons. The fourth-order valence-electron chi connectivity index (χ4n) is 2.72.